The lowest BCUT2D eigenvalue weighted by molar-refractivity contribution is 0.259. The third-order valence-corrected chi connectivity index (χ3v) is 6.46. The lowest BCUT2D eigenvalue weighted by atomic mass is 10.0. The number of hydrogen-bond acceptors (Lipinski definition) is 3. The van der Waals surface area contributed by atoms with E-state index in [1.807, 2.05) is 18.3 Å². The molecule has 1 saturated heterocycles. The third kappa shape index (κ3) is 6.91. The van der Waals surface area contributed by atoms with Crippen LogP contribution in [0.2, 0.25) is 0 Å². The zero-order valence-electron chi connectivity index (χ0n) is 20.1. The molecule has 2 aromatic carbocycles. The molecule has 1 aliphatic heterocycles. The fraction of sp³-hybridized carbons (Fsp3) is 0.433. The Hall–Kier alpha value is -2.65. The first kappa shape index (κ1) is 23.5. The molecule has 0 saturated carbocycles. The van der Waals surface area contributed by atoms with E-state index >= 15 is 0 Å². The van der Waals surface area contributed by atoms with E-state index < -0.39 is 0 Å². The van der Waals surface area contributed by atoms with Crippen molar-refractivity contribution in [1.29, 1.82) is 0 Å². The number of unbranched alkanes of at least 4 members (excludes halogenated alkanes) is 4. The summed E-state index contributed by atoms with van der Waals surface area (Å²) in [5.74, 6) is 0.884. The van der Waals surface area contributed by atoms with Gasteiger partial charge in [0.15, 0.2) is 0 Å². The van der Waals surface area contributed by atoms with Crippen molar-refractivity contribution in [2.75, 3.05) is 6.61 Å². The SMILES string of the molecule is CCCCCCc1ccc(-c2ccc(-c3ccc(OC[C@@H]4O[C@H]4CCCC)cc3)nc2)cc1. The van der Waals surface area contributed by atoms with E-state index in [9.17, 15) is 0 Å². The van der Waals surface area contributed by atoms with Crippen molar-refractivity contribution in [3.8, 4) is 28.1 Å². The molecule has 2 atom stereocenters. The molecule has 0 radical (unpaired) electrons. The Morgan fingerprint density at radius 1 is 0.727 bits per heavy atom. The van der Waals surface area contributed by atoms with Crippen molar-refractivity contribution < 1.29 is 9.47 Å². The third-order valence-electron chi connectivity index (χ3n) is 6.46. The Balaban J connectivity index is 1.28. The van der Waals surface area contributed by atoms with Crippen molar-refractivity contribution in [2.24, 2.45) is 0 Å². The maximum Gasteiger partial charge on any atom is 0.119 e. The number of pyridine rings is 1. The zero-order chi connectivity index (χ0) is 22.9. The molecule has 0 aliphatic carbocycles. The van der Waals surface area contributed by atoms with Gasteiger partial charge in [0.2, 0.25) is 0 Å². The monoisotopic (exact) mass is 443 g/mol. The predicted octanol–water partition coefficient (Wildman–Crippen LogP) is 7.87. The van der Waals surface area contributed by atoms with Crippen molar-refractivity contribution >= 4 is 0 Å². The van der Waals surface area contributed by atoms with E-state index in [0.29, 0.717) is 12.7 Å². The summed E-state index contributed by atoms with van der Waals surface area (Å²) >= 11 is 0. The number of epoxide rings is 1. The maximum atomic E-state index is 5.91. The molecule has 4 rings (SSSR count). The van der Waals surface area contributed by atoms with E-state index in [2.05, 4.69) is 62.4 Å². The van der Waals surface area contributed by atoms with Crippen LogP contribution in [0.15, 0.2) is 66.9 Å². The molecule has 3 aromatic rings. The Morgan fingerprint density at radius 3 is 2.15 bits per heavy atom. The van der Waals surface area contributed by atoms with E-state index in [0.717, 1.165) is 29.0 Å². The second kappa shape index (κ2) is 12.0. The summed E-state index contributed by atoms with van der Waals surface area (Å²) < 4.78 is 11.6. The lowest BCUT2D eigenvalue weighted by Gasteiger charge is -2.08. The topological polar surface area (TPSA) is 34.6 Å². The van der Waals surface area contributed by atoms with Crippen LogP contribution in [0.3, 0.4) is 0 Å². The molecule has 3 heteroatoms. The summed E-state index contributed by atoms with van der Waals surface area (Å²) in [7, 11) is 0. The quantitative estimate of drug-likeness (QED) is 0.199. The number of ether oxygens (including phenoxy) is 2. The highest BCUT2D eigenvalue weighted by atomic mass is 16.6. The van der Waals surface area contributed by atoms with Crippen LogP contribution in [0.5, 0.6) is 5.75 Å². The van der Waals surface area contributed by atoms with Crippen LogP contribution < -0.4 is 4.74 Å². The van der Waals surface area contributed by atoms with Crippen LogP contribution in [-0.4, -0.2) is 23.8 Å². The van der Waals surface area contributed by atoms with Gasteiger partial charge in [-0.2, -0.15) is 0 Å². The Kier molecular flexibility index (Phi) is 8.54. The Morgan fingerprint density at radius 2 is 1.45 bits per heavy atom. The van der Waals surface area contributed by atoms with Gasteiger partial charge in [-0.15, -0.1) is 0 Å². The molecule has 0 bridgehead atoms. The first-order valence-corrected chi connectivity index (χ1v) is 12.7. The molecule has 0 spiro atoms. The normalized spacial score (nSPS) is 17.2. The molecular weight excluding hydrogens is 406 g/mol. The van der Waals surface area contributed by atoms with Crippen LogP contribution in [0.25, 0.3) is 22.4 Å². The molecule has 0 unspecified atom stereocenters. The van der Waals surface area contributed by atoms with Crippen molar-refractivity contribution in [3.05, 3.63) is 72.4 Å². The van der Waals surface area contributed by atoms with E-state index in [-0.39, 0.29) is 6.10 Å². The standard InChI is InChI=1S/C30H37NO2/c1-3-5-7-8-9-23-11-13-24(14-12-23)26-17-20-28(31-21-26)25-15-18-27(19-16-25)32-22-30-29(33-30)10-6-4-2/h11-21,29-30H,3-10,22H2,1-2H3/t29-,30-/m0/s1. The van der Waals surface area contributed by atoms with Crippen LogP contribution in [0.1, 0.15) is 64.4 Å². The first-order chi connectivity index (χ1) is 16.3. The lowest BCUT2D eigenvalue weighted by Crippen LogP contribution is -2.07. The summed E-state index contributed by atoms with van der Waals surface area (Å²) in [6, 6.07) is 21.4. The van der Waals surface area contributed by atoms with Gasteiger partial charge in [-0.05, 0) is 60.7 Å². The fourth-order valence-electron chi connectivity index (χ4n) is 4.24. The number of benzene rings is 2. The molecule has 0 N–H and O–H groups in total. The minimum atomic E-state index is 0.264. The molecule has 0 amide bonds. The molecule has 1 fully saturated rings. The first-order valence-electron chi connectivity index (χ1n) is 12.7. The summed E-state index contributed by atoms with van der Waals surface area (Å²) in [6.07, 6.45) is 12.6. The molecule has 3 nitrogen and oxygen atoms in total. The van der Waals surface area contributed by atoms with E-state index in [4.69, 9.17) is 14.5 Å². The smallest absolute Gasteiger partial charge is 0.119 e. The van der Waals surface area contributed by atoms with Gasteiger partial charge < -0.3 is 9.47 Å². The minimum Gasteiger partial charge on any atom is -0.491 e. The number of aryl methyl sites for hydroxylation is 1. The average Bonchev–Trinajstić information content (AvgIpc) is 3.63. The van der Waals surface area contributed by atoms with Crippen LogP contribution in [0, 0.1) is 0 Å². The summed E-state index contributed by atoms with van der Waals surface area (Å²) in [5, 5.41) is 0. The second-order valence-electron chi connectivity index (χ2n) is 9.13. The average molecular weight is 444 g/mol. The Labute approximate surface area is 199 Å². The predicted molar refractivity (Wildman–Crippen MR) is 137 cm³/mol. The largest absolute Gasteiger partial charge is 0.491 e. The van der Waals surface area contributed by atoms with Gasteiger partial charge >= 0.3 is 0 Å². The van der Waals surface area contributed by atoms with E-state index in [1.165, 1.54) is 56.1 Å². The molecule has 2 heterocycles. The molecule has 1 aromatic heterocycles. The van der Waals surface area contributed by atoms with Gasteiger partial charge in [-0.1, -0.05) is 76.3 Å². The Bertz CT molecular complexity index is 964. The van der Waals surface area contributed by atoms with Gasteiger partial charge in [0.25, 0.3) is 0 Å². The second-order valence-corrected chi connectivity index (χ2v) is 9.13. The molecular formula is C30H37NO2. The van der Waals surface area contributed by atoms with Gasteiger partial charge in [0.05, 0.1) is 11.8 Å². The van der Waals surface area contributed by atoms with Crippen molar-refractivity contribution in [3.63, 3.8) is 0 Å². The van der Waals surface area contributed by atoms with Crippen LogP contribution in [-0.2, 0) is 11.2 Å². The highest BCUT2D eigenvalue weighted by Gasteiger charge is 2.38. The molecule has 33 heavy (non-hydrogen) atoms. The number of hydrogen-bond donors (Lipinski definition) is 0. The van der Waals surface area contributed by atoms with Crippen molar-refractivity contribution in [2.45, 2.75) is 77.4 Å². The van der Waals surface area contributed by atoms with Gasteiger partial charge in [-0.25, -0.2) is 0 Å². The molecule has 174 valence electrons. The van der Waals surface area contributed by atoms with E-state index in [1.54, 1.807) is 0 Å². The zero-order valence-corrected chi connectivity index (χ0v) is 20.1. The highest BCUT2D eigenvalue weighted by Crippen LogP contribution is 2.29. The minimum absolute atomic E-state index is 0.264. The number of aromatic nitrogens is 1. The maximum absolute atomic E-state index is 5.91. The molecule has 1 aliphatic rings. The fourth-order valence-corrected chi connectivity index (χ4v) is 4.24. The van der Waals surface area contributed by atoms with Crippen LogP contribution in [0.4, 0.5) is 0 Å². The summed E-state index contributed by atoms with van der Waals surface area (Å²) in [4.78, 5) is 4.71. The van der Waals surface area contributed by atoms with Gasteiger partial charge in [0.1, 0.15) is 18.5 Å². The van der Waals surface area contributed by atoms with Crippen molar-refractivity contribution in [1.82, 2.24) is 4.98 Å². The number of nitrogens with zero attached hydrogens (tertiary/aromatic N) is 1. The number of rotatable bonds is 13. The highest BCUT2D eigenvalue weighted by molar-refractivity contribution is 5.67. The van der Waals surface area contributed by atoms with Gasteiger partial charge in [0, 0.05) is 17.3 Å². The van der Waals surface area contributed by atoms with Gasteiger partial charge in [-0.3, -0.25) is 4.98 Å². The van der Waals surface area contributed by atoms with Crippen LogP contribution >= 0.6 is 0 Å². The summed E-state index contributed by atoms with van der Waals surface area (Å²) in [6.45, 7) is 5.11. The summed E-state index contributed by atoms with van der Waals surface area (Å²) in [5.41, 5.74) is 5.86.